The van der Waals surface area contributed by atoms with Gasteiger partial charge in [0, 0.05) is 24.7 Å². The zero-order valence-electron chi connectivity index (χ0n) is 11.8. The highest BCUT2D eigenvalue weighted by molar-refractivity contribution is 6.42. The number of non-ortho nitro benzene ring substituents is 1. The van der Waals surface area contributed by atoms with Crippen LogP contribution in [0.5, 0.6) is 5.75 Å². The summed E-state index contributed by atoms with van der Waals surface area (Å²) < 4.78 is 5.29. The third-order valence-electron chi connectivity index (χ3n) is 2.87. The number of rotatable bonds is 6. The Labute approximate surface area is 142 Å². The van der Waals surface area contributed by atoms with Crippen LogP contribution in [0.1, 0.15) is 5.56 Å². The number of nitrogens with zero attached hydrogens (tertiary/aromatic N) is 1. The second kappa shape index (κ2) is 7.80. The third-order valence-corrected chi connectivity index (χ3v) is 3.61. The number of nitro benzene ring substituents is 1. The van der Waals surface area contributed by atoms with Gasteiger partial charge in [-0.05, 0) is 17.7 Å². The highest BCUT2D eigenvalue weighted by Crippen LogP contribution is 2.26. The van der Waals surface area contributed by atoms with Crippen molar-refractivity contribution >= 4 is 34.8 Å². The van der Waals surface area contributed by atoms with E-state index < -0.39 is 4.92 Å². The number of nitro groups is 1. The summed E-state index contributed by atoms with van der Waals surface area (Å²) >= 11 is 11.6. The van der Waals surface area contributed by atoms with Crippen molar-refractivity contribution in [2.45, 2.75) is 6.54 Å². The van der Waals surface area contributed by atoms with E-state index in [1.807, 2.05) is 0 Å². The SMILES string of the molecule is O=C(COc1ccc(Cl)c(Cl)c1)NCc1cccc([N+](=O)[O-])c1. The Balaban J connectivity index is 1.84. The monoisotopic (exact) mass is 354 g/mol. The molecule has 0 spiro atoms. The Hall–Kier alpha value is -2.31. The fourth-order valence-electron chi connectivity index (χ4n) is 1.75. The van der Waals surface area contributed by atoms with Crippen LogP contribution < -0.4 is 10.1 Å². The van der Waals surface area contributed by atoms with Gasteiger partial charge in [0.05, 0.1) is 15.0 Å². The summed E-state index contributed by atoms with van der Waals surface area (Å²) in [6.07, 6.45) is 0. The molecule has 0 unspecified atom stereocenters. The maximum atomic E-state index is 11.7. The minimum absolute atomic E-state index is 0.0243. The van der Waals surface area contributed by atoms with Crippen LogP contribution >= 0.6 is 23.2 Å². The van der Waals surface area contributed by atoms with E-state index in [1.165, 1.54) is 18.2 Å². The molecule has 0 aromatic heterocycles. The smallest absolute Gasteiger partial charge is 0.269 e. The highest BCUT2D eigenvalue weighted by Gasteiger charge is 2.08. The van der Waals surface area contributed by atoms with Crippen molar-refractivity contribution in [1.29, 1.82) is 0 Å². The van der Waals surface area contributed by atoms with Crippen molar-refractivity contribution in [3.63, 3.8) is 0 Å². The lowest BCUT2D eigenvalue weighted by molar-refractivity contribution is -0.384. The molecule has 1 amide bonds. The van der Waals surface area contributed by atoms with E-state index in [4.69, 9.17) is 27.9 Å². The van der Waals surface area contributed by atoms with E-state index in [2.05, 4.69) is 5.32 Å². The van der Waals surface area contributed by atoms with Crippen molar-refractivity contribution in [2.75, 3.05) is 6.61 Å². The summed E-state index contributed by atoms with van der Waals surface area (Å²) in [5.74, 6) is 0.0625. The Morgan fingerprint density at radius 2 is 1.96 bits per heavy atom. The number of amides is 1. The lowest BCUT2D eigenvalue weighted by atomic mass is 10.2. The predicted octanol–water partition coefficient (Wildman–Crippen LogP) is 3.60. The van der Waals surface area contributed by atoms with E-state index in [1.54, 1.807) is 24.3 Å². The number of carbonyl (C=O) groups is 1. The Kier molecular flexibility index (Phi) is 5.78. The minimum Gasteiger partial charge on any atom is -0.484 e. The van der Waals surface area contributed by atoms with Gasteiger partial charge in [0.25, 0.3) is 11.6 Å². The van der Waals surface area contributed by atoms with E-state index in [0.717, 1.165) is 0 Å². The summed E-state index contributed by atoms with van der Waals surface area (Å²) in [6.45, 7) is -0.0296. The van der Waals surface area contributed by atoms with E-state index in [9.17, 15) is 14.9 Å². The second-order valence-corrected chi connectivity index (χ2v) is 5.38. The van der Waals surface area contributed by atoms with Crippen molar-refractivity contribution in [3.05, 3.63) is 68.2 Å². The van der Waals surface area contributed by atoms with E-state index in [0.29, 0.717) is 21.4 Å². The van der Waals surface area contributed by atoms with Crippen molar-refractivity contribution in [2.24, 2.45) is 0 Å². The van der Waals surface area contributed by atoms with Gasteiger partial charge in [-0.15, -0.1) is 0 Å². The molecular weight excluding hydrogens is 343 g/mol. The molecule has 0 heterocycles. The fourth-order valence-corrected chi connectivity index (χ4v) is 2.04. The molecule has 120 valence electrons. The molecule has 0 radical (unpaired) electrons. The number of benzene rings is 2. The lowest BCUT2D eigenvalue weighted by Crippen LogP contribution is -2.28. The maximum Gasteiger partial charge on any atom is 0.269 e. The van der Waals surface area contributed by atoms with E-state index in [-0.39, 0.29) is 24.7 Å². The molecule has 0 atom stereocenters. The van der Waals surface area contributed by atoms with Crippen LogP contribution in [0.15, 0.2) is 42.5 Å². The van der Waals surface area contributed by atoms with Crippen molar-refractivity contribution in [3.8, 4) is 5.75 Å². The molecule has 23 heavy (non-hydrogen) atoms. The minimum atomic E-state index is -0.487. The van der Waals surface area contributed by atoms with Gasteiger partial charge in [0.2, 0.25) is 0 Å². The van der Waals surface area contributed by atoms with Gasteiger partial charge < -0.3 is 10.1 Å². The standard InChI is InChI=1S/C15H12Cl2N2O4/c16-13-5-4-12(7-14(13)17)23-9-15(20)18-8-10-2-1-3-11(6-10)19(21)22/h1-7H,8-9H2,(H,18,20). The zero-order chi connectivity index (χ0) is 16.8. The normalized spacial score (nSPS) is 10.2. The molecule has 1 N–H and O–H groups in total. The molecule has 8 heteroatoms. The average Bonchev–Trinajstić information content (AvgIpc) is 2.54. The number of hydrogen-bond acceptors (Lipinski definition) is 4. The largest absolute Gasteiger partial charge is 0.484 e. The molecule has 0 saturated carbocycles. The maximum absolute atomic E-state index is 11.7. The van der Waals surface area contributed by atoms with Crippen molar-refractivity contribution < 1.29 is 14.5 Å². The Morgan fingerprint density at radius 1 is 1.17 bits per heavy atom. The third kappa shape index (κ3) is 5.12. The summed E-state index contributed by atoms with van der Waals surface area (Å²) in [4.78, 5) is 21.9. The fraction of sp³-hybridized carbons (Fsp3) is 0.133. The molecule has 0 aliphatic carbocycles. The first-order valence-electron chi connectivity index (χ1n) is 6.53. The summed E-state index contributed by atoms with van der Waals surface area (Å²) in [5.41, 5.74) is 0.603. The lowest BCUT2D eigenvalue weighted by Gasteiger charge is -2.08. The molecule has 0 aliphatic rings. The van der Waals surface area contributed by atoms with Crippen LogP contribution in [-0.2, 0) is 11.3 Å². The van der Waals surface area contributed by atoms with Gasteiger partial charge in [-0.3, -0.25) is 14.9 Å². The zero-order valence-corrected chi connectivity index (χ0v) is 13.3. The number of carbonyl (C=O) groups excluding carboxylic acids is 1. The second-order valence-electron chi connectivity index (χ2n) is 4.57. The van der Waals surface area contributed by atoms with Gasteiger partial charge in [0.1, 0.15) is 5.75 Å². The Morgan fingerprint density at radius 3 is 2.65 bits per heavy atom. The number of hydrogen-bond donors (Lipinski definition) is 1. The van der Waals surface area contributed by atoms with Gasteiger partial charge in [-0.1, -0.05) is 35.3 Å². The molecule has 2 rings (SSSR count). The van der Waals surface area contributed by atoms with Crippen molar-refractivity contribution in [1.82, 2.24) is 5.32 Å². The first-order chi connectivity index (χ1) is 11.0. The summed E-state index contributed by atoms with van der Waals surface area (Å²) in [5, 5.41) is 14.0. The molecule has 6 nitrogen and oxygen atoms in total. The number of ether oxygens (including phenoxy) is 1. The summed E-state index contributed by atoms with van der Waals surface area (Å²) in [6, 6.07) is 10.7. The molecular formula is C15H12Cl2N2O4. The van der Waals surface area contributed by atoms with Crippen LogP contribution in [0.4, 0.5) is 5.69 Å². The molecule has 2 aromatic rings. The average molecular weight is 355 g/mol. The van der Waals surface area contributed by atoms with Gasteiger partial charge >= 0.3 is 0 Å². The topological polar surface area (TPSA) is 81.5 Å². The van der Waals surface area contributed by atoms with Crippen LogP contribution in [0.3, 0.4) is 0 Å². The van der Waals surface area contributed by atoms with Gasteiger partial charge in [-0.25, -0.2) is 0 Å². The highest BCUT2D eigenvalue weighted by atomic mass is 35.5. The first kappa shape index (κ1) is 17.1. The molecule has 0 fully saturated rings. The number of nitrogens with one attached hydrogen (secondary N) is 1. The van der Waals surface area contributed by atoms with Gasteiger partial charge in [0.15, 0.2) is 6.61 Å². The molecule has 0 aliphatic heterocycles. The number of halogens is 2. The molecule has 0 saturated heterocycles. The molecule has 2 aromatic carbocycles. The predicted molar refractivity (Wildman–Crippen MR) is 86.9 cm³/mol. The van der Waals surface area contributed by atoms with E-state index >= 15 is 0 Å². The Bertz CT molecular complexity index is 737. The quantitative estimate of drug-likeness (QED) is 0.634. The van der Waals surface area contributed by atoms with Gasteiger partial charge in [-0.2, -0.15) is 0 Å². The van der Waals surface area contributed by atoms with Crippen LogP contribution in [0.2, 0.25) is 10.0 Å². The first-order valence-corrected chi connectivity index (χ1v) is 7.29. The van der Waals surface area contributed by atoms with Crippen LogP contribution in [0, 0.1) is 10.1 Å². The van der Waals surface area contributed by atoms with Crippen LogP contribution in [0.25, 0.3) is 0 Å². The summed E-state index contributed by atoms with van der Waals surface area (Å²) in [7, 11) is 0. The molecule has 0 bridgehead atoms. The van der Waals surface area contributed by atoms with Crippen LogP contribution in [-0.4, -0.2) is 17.4 Å².